The Morgan fingerprint density at radius 3 is 2.71 bits per heavy atom. The van der Waals surface area contributed by atoms with Crippen LogP contribution in [-0.4, -0.2) is 36.6 Å². The van der Waals surface area contributed by atoms with E-state index < -0.39 is 10.2 Å². The molecule has 0 saturated heterocycles. The minimum absolute atomic E-state index is 0.155. The summed E-state index contributed by atoms with van der Waals surface area (Å²) in [6.07, 6.45) is 1.55. The van der Waals surface area contributed by atoms with E-state index in [9.17, 15) is 8.42 Å². The van der Waals surface area contributed by atoms with E-state index in [1.54, 1.807) is 18.3 Å². The second-order valence-electron chi connectivity index (χ2n) is 4.31. The maximum absolute atomic E-state index is 11.7. The van der Waals surface area contributed by atoms with Crippen LogP contribution < -0.4 is 4.72 Å². The highest BCUT2D eigenvalue weighted by molar-refractivity contribution is 7.90. The number of aromatic nitrogens is 2. The molecular weight excluding hydrogens is 314 g/mol. The van der Waals surface area contributed by atoms with Crippen LogP contribution in [0.3, 0.4) is 0 Å². The molecule has 0 bridgehead atoms. The van der Waals surface area contributed by atoms with Gasteiger partial charge in [0.05, 0.1) is 11.3 Å². The Morgan fingerprint density at radius 2 is 2.10 bits per heavy atom. The van der Waals surface area contributed by atoms with E-state index in [4.69, 9.17) is 16.9 Å². The Labute approximate surface area is 127 Å². The van der Waals surface area contributed by atoms with Gasteiger partial charge in [-0.3, -0.25) is 4.72 Å². The average molecular weight is 326 g/mol. The van der Waals surface area contributed by atoms with E-state index in [0.717, 1.165) is 4.31 Å². The van der Waals surface area contributed by atoms with Gasteiger partial charge in [-0.1, -0.05) is 11.6 Å². The van der Waals surface area contributed by atoms with Crippen molar-refractivity contribution < 1.29 is 8.42 Å². The topological polar surface area (TPSA) is 91.0 Å². The van der Waals surface area contributed by atoms with Crippen molar-refractivity contribution in [2.75, 3.05) is 18.8 Å². The molecular formula is C12H12ClN5O2S. The summed E-state index contributed by atoms with van der Waals surface area (Å²) >= 11 is 5.83. The van der Waals surface area contributed by atoms with E-state index in [0.29, 0.717) is 16.3 Å². The lowest BCUT2D eigenvalue weighted by molar-refractivity contribution is 0.526. The van der Waals surface area contributed by atoms with Gasteiger partial charge in [-0.25, -0.2) is 4.68 Å². The van der Waals surface area contributed by atoms with Crippen molar-refractivity contribution in [1.29, 1.82) is 5.26 Å². The van der Waals surface area contributed by atoms with Crippen LogP contribution in [0.25, 0.3) is 5.69 Å². The molecule has 1 aromatic heterocycles. The average Bonchev–Trinajstić information content (AvgIpc) is 2.85. The first kappa shape index (κ1) is 15.3. The highest BCUT2D eigenvalue weighted by Crippen LogP contribution is 2.20. The molecule has 0 unspecified atom stereocenters. The summed E-state index contributed by atoms with van der Waals surface area (Å²) in [6.45, 7) is 0. The van der Waals surface area contributed by atoms with Crippen LogP contribution in [-0.2, 0) is 10.2 Å². The van der Waals surface area contributed by atoms with Gasteiger partial charge in [-0.2, -0.15) is 18.0 Å². The van der Waals surface area contributed by atoms with Gasteiger partial charge in [-0.15, -0.1) is 5.10 Å². The number of anilines is 1. The fourth-order valence-electron chi connectivity index (χ4n) is 1.53. The molecule has 0 atom stereocenters. The number of hydrogen-bond donors (Lipinski definition) is 1. The fraction of sp³-hybridized carbons (Fsp3) is 0.167. The van der Waals surface area contributed by atoms with E-state index >= 15 is 0 Å². The standard InChI is InChI=1S/C12H12ClN5O2S/c1-17(2)21(19,20)16-12-5-6-18(15-12)11-4-3-10(13)7-9(11)8-14/h3-7H,1-2H3,(H,15,16). The fourth-order valence-corrected chi connectivity index (χ4v) is 2.26. The van der Waals surface area contributed by atoms with Gasteiger partial charge >= 0.3 is 10.2 Å². The number of benzene rings is 1. The molecule has 1 aromatic carbocycles. The summed E-state index contributed by atoms with van der Waals surface area (Å²) in [4.78, 5) is 0. The monoisotopic (exact) mass is 325 g/mol. The molecule has 2 aromatic rings. The summed E-state index contributed by atoms with van der Waals surface area (Å²) in [7, 11) is -0.803. The third-order valence-electron chi connectivity index (χ3n) is 2.63. The Hall–Kier alpha value is -2.08. The van der Waals surface area contributed by atoms with Crippen molar-refractivity contribution in [1.82, 2.24) is 14.1 Å². The second-order valence-corrected chi connectivity index (χ2v) is 6.63. The summed E-state index contributed by atoms with van der Waals surface area (Å²) in [5.74, 6) is 0.155. The van der Waals surface area contributed by atoms with Gasteiger partial charge in [-0.05, 0) is 18.2 Å². The second kappa shape index (κ2) is 5.73. The number of nitrogens with one attached hydrogen (secondary N) is 1. The van der Waals surface area contributed by atoms with Crippen molar-refractivity contribution in [3.63, 3.8) is 0 Å². The zero-order chi connectivity index (χ0) is 15.6. The van der Waals surface area contributed by atoms with E-state index in [-0.39, 0.29) is 5.82 Å². The van der Waals surface area contributed by atoms with Crippen molar-refractivity contribution >= 4 is 27.6 Å². The molecule has 2 rings (SSSR count). The molecule has 21 heavy (non-hydrogen) atoms. The van der Waals surface area contributed by atoms with Crippen molar-refractivity contribution in [3.8, 4) is 11.8 Å². The lowest BCUT2D eigenvalue weighted by atomic mass is 10.2. The molecule has 1 N–H and O–H groups in total. The van der Waals surface area contributed by atoms with Crippen LogP contribution in [0, 0.1) is 11.3 Å². The number of nitriles is 1. The lowest BCUT2D eigenvalue weighted by Gasteiger charge is -2.11. The third kappa shape index (κ3) is 3.33. The predicted molar refractivity (Wildman–Crippen MR) is 79.5 cm³/mol. The molecule has 7 nitrogen and oxygen atoms in total. The van der Waals surface area contributed by atoms with Crippen LogP contribution in [0.1, 0.15) is 5.56 Å². The minimum Gasteiger partial charge on any atom is -0.253 e. The number of hydrogen-bond acceptors (Lipinski definition) is 4. The largest absolute Gasteiger partial charge is 0.302 e. The summed E-state index contributed by atoms with van der Waals surface area (Å²) in [6, 6.07) is 8.30. The molecule has 110 valence electrons. The van der Waals surface area contributed by atoms with Crippen molar-refractivity contribution in [2.45, 2.75) is 0 Å². The molecule has 0 aliphatic carbocycles. The van der Waals surface area contributed by atoms with Crippen LogP contribution >= 0.6 is 11.6 Å². The first-order chi connectivity index (χ1) is 9.83. The zero-order valence-corrected chi connectivity index (χ0v) is 12.9. The van der Waals surface area contributed by atoms with Crippen LogP contribution in [0.15, 0.2) is 30.5 Å². The zero-order valence-electron chi connectivity index (χ0n) is 11.3. The number of rotatable bonds is 4. The molecule has 0 aliphatic rings. The summed E-state index contributed by atoms with van der Waals surface area (Å²) < 4.78 is 28.2. The van der Waals surface area contributed by atoms with E-state index in [1.807, 2.05) is 6.07 Å². The minimum atomic E-state index is -3.62. The van der Waals surface area contributed by atoms with Crippen LogP contribution in [0.4, 0.5) is 5.82 Å². The molecule has 0 radical (unpaired) electrons. The molecule has 0 spiro atoms. The Bertz CT molecular complexity index is 807. The third-order valence-corrected chi connectivity index (χ3v) is 4.29. The highest BCUT2D eigenvalue weighted by Gasteiger charge is 2.15. The SMILES string of the molecule is CN(C)S(=O)(=O)Nc1ccn(-c2ccc(Cl)cc2C#N)n1. The van der Waals surface area contributed by atoms with Crippen LogP contribution in [0.2, 0.25) is 5.02 Å². The van der Waals surface area contributed by atoms with Gasteiger partial charge in [0.2, 0.25) is 0 Å². The highest BCUT2D eigenvalue weighted by atomic mass is 35.5. The molecule has 0 amide bonds. The number of halogens is 1. The van der Waals surface area contributed by atoms with Gasteiger partial charge < -0.3 is 0 Å². The molecule has 0 aliphatic heterocycles. The van der Waals surface area contributed by atoms with Crippen molar-refractivity contribution in [3.05, 3.63) is 41.0 Å². The summed E-state index contributed by atoms with van der Waals surface area (Å²) in [5.41, 5.74) is 0.852. The Balaban J connectivity index is 2.36. The molecule has 0 saturated carbocycles. The quantitative estimate of drug-likeness (QED) is 0.924. The smallest absolute Gasteiger partial charge is 0.253 e. The summed E-state index contributed by atoms with van der Waals surface area (Å²) in [5, 5.41) is 13.6. The first-order valence-electron chi connectivity index (χ1n) is 5.79. The van der Waals surface area contributed by atoms with Gasteiger partial charge in [0.1, 0.15) is 6.07 Å². The molecule has 9 heteroatoms. The molecule has 0 fully saturated rings. The number of nitrogens with zero attached hydrogens (tertiary/aromatic N) is 4. The van der Waals surface area contributed by atoms with Gasteiger partial charge in [0.15, 0.2) is 5.82 Å². The maximum Gasteiger partial charge on any atom is 0.302 e. The van der Waals surface area contributed by atoms with E-state index in [2.05, 4.69) is 9.82 Å². The van der Waals surface area contributed by atoms with Gasteiger partial charge in [0.25, 0.3) is 0 Å². The van der Waals surface area contributed by atoms with Crippen LogP contribution in [0.5, 0.6) is 0 Å². The normalized spacial score (nSPS) is 11.4. The lowest BCUT2D eigenvalue weighted by Crippen LogP contribution is -2.29. The first-order valence-corrected chi connectivity index (χ1v) is 7.61. The Morgan fingerprint density at radius 1 is 1.38 bits per heavy atom. The maximum atomic E-state index is 11.7. The molecule has 1 heterocycles. The Kier molecular flexibility index (Phi) is 4.18. The van der Waals surface area contributed by atoms with E-state index in [1.165, 1.54) is 30.9 Å². The predicted octanol–water partition coefficient (Wildman–Crippen LogP) is 1.62. The van der Waals surface area contributed by atoms with Gasteiger partial charge in [0, 0.05) is 31.4 Å². The van der Waals surface area contributed by atoms with Crippen molar-refractivity contribution in [2.24, 2.45) is 0 Å².